The van der Waals surface area contributed by atoms with E-state index < -0.39 is 0 Å². The first-order chi connectivity index (χ1) is 33.9. The number of hydrogen-bond acceptors (Lipinski definition) is 4. The van der Waals surface area contributed by atoms with E-state index in [-0.39, 0.29) is 29.6 Å². The van der Waals surface area contributed by atoms with Crippen LogP contribution >= 0.6 is 0 Å². The fourth-order valence-electron chi connectivity index (χ4n) is 13.1. The minimum Gasteiger partial charge on any atom is -0.364 e. The van der Waals surface area contributed by atoms with Gasteiger partial charge in [-0.2, -0.15) is 0 Å². The second kappa shape index (κ2) is 15.0. The maximum Gasteiger partial charge on any atom is 0.0765 e. The summed E-state index contributed by atoms with van der Waals surface area (Å²) in [7, 11) is 4.48. The van der Waals surface area contributed by atoms with Crippen LogP contribution in [0.25, 0.3) is 65.7 Å². The van der Waals surface area contributed by atoms with Gasteiger partial charge >= 0.3 is 0 Å². The molecule has 3 aliphatic carbocycles. The Morgan fingerprint density at radius 2 is 0.812 bits per heavy atom. The molecule has 0 saturated heterocycles. The summed E-state index contributed by atoms with van der Waals surface area (Å²) >= 11 is 0. The number of nitrogens with zero attached hydrogens (tertiary/aromatic N) is 4. The third-order valence-electron chi connectivity index (χ3n) is 16.2. The molecule has 2 heterocycles. The monoisotopic (exact) mass is 888 g/mol. The molecule has 4 atom stereocenters. The molecule has 5 aliphatic rings. The van der Waals surface area contributed by atoms with Crippen molar-refractivity contribution in [2.75, 3.05) is 33.7 Å². The van der Waals surface area contributed by atoms with Crippen LogP contribution in [0.5, 0.6) is 0 Å². The zero-order valence-electron chi connectivity index (χ0n) is 39.4. The normalized spacial score (nSPS) is 20.2. The zero-order valence-corrected chi connectivity index (χ0v) is 39.4. The Labute approximate surface area is 404 Å². The van der Waals surface area contributed by atoms with Crippen LogP contribution in [0, 0.1) is 0 Å². The summed E-state index contributed by atoms with van der Waals surface area (Å²) in [5, 5.41) is 7.49. The Kier molecular flexibility index (Phi) is 8.68. The molecule has 2 aliphatic heterocycles. The Bertz CT molecular complexity index is 3750. The molecule has 69 heavy (non-hydrogen) atoms. The Morgan fingerprint density at radius 3 is 1.43 bits per heavy atom. The summed E-state index contributed by atoms with van der Waals surface area (Å²) in [6.07, 6.45) is 18.3. The Hall–Kier alpha value is -8.08. The fourth-order valence-corrected chi connectivity index (χ4v) is 13.1. The predicted octanol–water partition coefficient (Wildman–Crippen LogP) is 15.7. The highest BCUT2D eigenvalue weighted by atomic mass is 15.3. The molecule has 0 bridgehead atoms. The molecule has 0 saturated carbocycles. The van der Waals surface area contributed by atoms with Gasteiger partial charge in [-0.25, -0.2) is 0 Å². The molecule has 0 aromatic heterocycles. The molecular formula is C65H52N4. The predicted molar refractivity (Wildman–Crippen MR) is 293 cm³/mol. The average molecular weight is 889 g/mol. The van der Waals surface area contributed by atoms with E-state index in [0.717, 1.165) is 0 Å². The minimum atomic E-state index is -0.227. The standard InChI is InChI=1S/C65H52N4/c1-65(2)53-26-8-7-22-45(53)49-24-18-25-50(64(49)65)63-48-38-36-42(68-58-31-13-9-27-54(58)66(3)55-28-10-14-32-59(55)68)39-51(48)62(46-23-17-20-41-19-5-6-21-44(41)46)47-37-35-43(40-52(47)63)69-60-33-15-11-29-56(60)67(4)57-30-12-16-34-61(57)69/h5-40,54,56,58,60H,1-4H3. The molecule has 4 nitrogen and oxygen atoms in total. The number of allylic oxidation sites excluding steroid dienone is 4. The van der Waals surface area contributed by atoms with Gasteiger partial charge in [0, 0.05) is 30.9 Å². The molecule has 9 aromatic carbocycles. The summed E-state index contributed by atoms with van der Waals surface area (Å²) in [4.78, 5) is 10.1. The van der Waals surface area contributed by atoms with Gasteiger partial charge in [-0.3, -0.25) is 0 Å². The van der Waals surface area contributed by atoms with Gasteiger partial charge in [-0.1, -0.05) is 184 Å². The average Bonchev–Trinajstić information content (AvgIpc) is 3.64. The summed E-state index contributed by atoms with van der Waals surface area (Å²) in [6.45, 7) is 4.86. The number of anilines is 6. The number of rotatable bonds is 4. The van der Waals surface area contributed by atoms with Crippen molar-refractivity contribution in [3.63, 3.8) is 0 Å². The maximum atomic E-state index is 2.59. The summed E-state index contributed by atoms with van der Waals surface area (Å²) < 4.78 is 0. The minimum absolute atomic E-state index is 0.115. The van der Waals surface area contributed by atoms with Crippen molar-refractivity contribution in [2.24, 2.45) is 0 Å². The van der Waals surface area contributed by atoms with E-state index in [1.807, 2.05) is 0 Å². The lowest BCUT2D eigenvalue weighted by Gasteiger charge is -2.48. The molecule has 0 radical (unpaired) electrons. The second-order valence-corrected chi connectivity index (χ2v) is 20.1. The largest absolute Gasteiger partial charge is 0.364 e. The van der Waals surface area contributed by atoms with E-state index in [0.29, 0.717) is 0 Å². The molecule has 0 spiro atoms. The quantitative estimate of drug-likeness (QED) is 0.163. The van der Waals surface area contributed by atoms with Gasteiger partial charge in [0.2, 0.25) is 0 Å². The van der Waals surface area contributed by atoms with Crippen molar-refractivity contribution < 1.29 is 0 Å². The van der Waals surface area contributed by atoms with Gasteiger partial charge in [-0.05, 0) is 125 Å². The van der Waals surface area contributed by atoms with Crippen LogP contribution in [0.1, 0.15) is 25.0 Å². The van der Waals surface area contributed by atoms with Crippen LogP contribution in [0.15, 0.2) is 218 Å². The first-order valence-corrected chi connectivity index (χ1v) is 24.5. The summed E-state index contributed by atoms with van der Waals surface area (Å²) in [6, 6.07) is 65.1. The topological polar surface area (TPSA) is 13.0 Å². The van der Waals surface area contributed by atoms with Crippen LogP contribution in [-0.4, -0.2) is 38.3 Å². The van der Waals surface area contributed by atoms with Crippen LogP contribution in [0.4, 0.5) is 34.1 Å². The van der Waals surface area contributed by atoms with Crippen molar-refractivity contribution in [1.82, 2.24) is 0 Å². The number of para-hydroxylation sites is 4. The molecule has 4 heteroatoms. The molecule has 4 unspecified atom stereocenters. The first-order valence-electron chi connectivity index (χ1n) is 24.5. The number of fused-ring (bicyclic) bond motifs is 10. The SMILES string of the molecule is CN1c2ccccc2N(c2ccc3c(-c4cccc5ccccc45)c4cc(N5c6ccccc6N(C)C6C=CC=CC65)ccc4c(-c4cccc5c4C(C)(C)c4ccccc4-5)c3c2)C2C=CC=CC21. The van der Waals surface area contributed by atoms with Gasteiger partial charge in [-0.15, -0.1) is 0 Å². The highest BCUT2D eigenvalue weighted by Gasteiger charge is 2.41. The third-order valence-corrected chi connectivity index (χ3v) is 16.2. The van der Waals surface area contributed by atoms with E-state index in [1.54, 1.807) is 0 Å². The Balaban J connectivity index is 1.12. The second-order valence-electron chi connectivity index (χ2n) is 20.1. The third kappa shape index (κ3) is 5.69. The van der Waals surface area contributed by atoms with E-state index in [9.17, 15) is 0 Å². The molecule has 9 aromatic rings. The summed E-state index contributed by atoms with van der Waals surface area (Å²) in [5.41, 5.74) is 17.6. The summed E-state index contributed by atoms with van der Waals surface area (Å²) in [5.74, 6) is 0. The smallest absolute Gasteiger partial charge is 0.0765 e. The van der Waals surface area contributed by atoms with Crippen molar-refractivity contribution in [2.45, 2.75) is 43.4 Å². The highest BCUT2D eigenvalue weighted by Crippen LogP contribution is 2.56. The zero-order chi connectivity index (χ0) is 46.1. The van der Waals surface area contributed by atoms with Crippen molar-refractivity contribution in [3.05, 3.63) is 230 Å². The van der Waals surface area contributed by atoms with E-state index in [2.05, 4.69) is 266 Å². The van der Waals surface area contributed by atoms with Crippen LogP contribution in [0.2, 0.25) is 0 Å². The van der Waals surface area contributed by atoms with Gasteiger partial charge in [0.25, 0.3) is 0 Å². The molecule has 332 valence electrons. The van der Waals surface area contributed by atoms with E-state index in [4.69, 9.17) is 0 Å². The maximum absolute atomic E-state index is 2.59. The van der Waals surface area contributed by atoms with E-state index in [1.165, 1.54) is 111 Å². The number of hydrogen-bond donors (Lipinski definition) is 0. The molecular weight excluding hydrogens is 837 g/mol. The first kappa shape index (κ1) is 40.0. The van der Waals surface area contributed by atoms with E-state index >= 15 is 0 Å². The van der Waals surface area contributed by atoms with Crippen LogP contribution in [0.3, 0.4) is 0 Å². The molecule has 0 fully saturated rings. The van der Waals surface area contributed by atoms with Gasteiger partial charge < -0.3 is 19.6 Å². The van der Waals surface area contributed by atoms with Crippen molar-refractivity contribution in [3.8, 4) is 33.4 Å². The number of benzene rings is 9. The molecule has 0 N–H and O–H groups in total. The van der Waals surface area contributed by atoms with Crippen LogP contribution in [-0.2, 0) is 5.41 Å². The van der Waals surface area contributed by atoms with Gasteiger partial charge in [0.1, 0.15) is 0 Å². The lowest BCUT2D eigenvalue weighted by molar-refractivity contribution is 0.620. The van der Waals surface area contributed by atoms with Gasteiger partial charge in [0.05, 0.1) is 46.9 Å². The highest BCUT2D eigenvalue weighted by molar-refractivity contribution is 6.25. The number of likely N-dealkylation sites (N-methyl/N-ethyl adjacent to an activating group) is 2. The van der Waals surface area contributed by atoms with Crippen molar-refractivity contribution >= 4 is 66.4 Å². The Morgan fingerprint density at radius 1 is 0.362 bits per heavy atom. The lowest BCUT2D eigenvalue weighted by atomic mass is 9.76. The fraction of sp³-hybridized carbons (Fsp3) is 0.138. The molecule has 0 amide bonds. The van der Waals surface area contributed by atoms with Crippen molar-refractivity contribution in [1.29, 1.82) is 0 Å². The lowest BCUT2D eigenvalue weighted by Crippen LogP contribution is -2.52. The van der Waals surface area contributed by atoms with Gasteiger partial charge in [0.15, 0.2) is 0 Å². The molecule has 14 rings (SSSR count). The van der Waals surface area contributed by atoms with Crippen LogP contribution < -0.4 is 19.6 Å².